The van der Waals surface area contributed by atoms with E-state index in [2.05, 4.69) is 26.4 Å². The topological polar surface area (TPSA) is 96.2 Å². The molecule has 3 heterocycles. The number of carbonyl (C=O) groups is 2. The molecular weight excluding hydrogens is 353 g/mol. The Morgan fingerprint density at radius 1 is 1.41 bits per heavy atom. The van der Waals surface area contributed by atoms with E-state index in [0.29, 0.717) is 32.4 Å². The minimum atomic E-state index is -0.788. The van der Waals surface area contributed by atoms with Crippen LogP contribution < -0.4 is 5.32 Å². The van der Waals surface area contributed by atoms with Gasteiger partial charge < -0.3 is 15.0 Å². The number of hydrogen-bond donors (Lipinski definition) is 1. The SMILES string of the molecule is C#CCCC1(CCNC(=O)C2COCCN2C(=O)c2cncc(F)c2)N=N1. The Labute approximate surface area is 156 Å². The summed E-state index contributed by atoms with van der Waals surface area (Å²) in [5, 5.41) is 10.8. The average Bonchev–Trinajstić information content (AvgIpc) is 3.45. The van der Waals surface area contributed by atoms with Gasteiger partial charge in [-0.15, -0.1) is 12.3 Å². The van der Waals surface area contributed by atoms with E-state index < -0.39 is 23.4 Å². The number of ether oxygens (including phenoxy) is 1. The van der Waals surface area contributed by atoms with E-state index >= 15 is 0 Å². The minimum absolute atomic E-state index is 0.0807. The quantitative estimate of drug-likeness (QED) is 0.725. The van der Waals surface area contributed by atoms with Crippen LogP contribution in [0, 0.1) is 18.2 Å². The number of aromatic nitrogens is 1. The maximum absolute atomic E-state index is 13.4. The first-order valence-corrected chi connectivity index (χ1v) is 8.69. The Kier molecular flexibility index (Phi) is 5.76. The smallest absolute Gasteiger partial charge is 0.256 e. The number of amides is 2. The summed E-state index contributed by atoms with van der Waals surface area (Å²) in [4.78, 5) is 30.3. The molecule has 2 aliphatic heterocycles. The zero-order valence-corrected chi connectivity index (χ0v) is 14.7. The maximum Gasteiger partial charge on any atom is 0.256 e. The number of nitrogens with zero attached hydrogens (tertiary/aromatic N) is 4. The van der Waals surface area contributed by atoms with Gasteiger partial charge in [-0.25, -0.2) is 4.39 Å². The second-order valence-electron chi connectivity index (χ2n) is 6.41. The van der Waals surface area contributed by atoms with E-state index in [4.69, 9.17) is 11.2 Å². The fraction of sp³-hybridized carbons (Fsp3) is 0.500. The molecule has 1 atom stereocenters. The Balaban J connectivity index is 1.57. The number of terminal acetylenes is 1. The van der Waals surface area contributed by atoms with E-state index in [-0.39, 0.29) is 24.6 Å². The van der Waals surface area contributed by atoms with Gasteiger partial charge in [0, 0.05) is 38.5 Å². The van der Waals surface area contributed by atoms with E-state index in [9.17, 15) is 14.0 Å². The van der Waals surface area contributed by atoms with Crippen molar-refractivity contribution in [2.45, 2.75) is 31.0 Å². The van der Waals surface area contributed by atoms with Gasteiger partial charge in [-0.05, 0) is 6.07 Å². The monoisotopic (exact) mass is 373 g/mol. The fourth-order valence-electron chi connectivity index (χ4n) is 2.93. The Hall–Kier alpha value is -2.86. The molecular formula is C18H20FN5O3. The molecule has 1 unspecified atom stereocenters. The third-order valence-corrected chi connectivity index (χ3v) is 4.52. The van der Waals surface area contributed by atoms with E-state index in [1.807, 2.05) is 0 Å². The molecule has 0 bridgehead atoms. The zero-order chi connectivity index (χ0) is 19.3. The number of carbonyl (C=O) groups excluding carboxylic acids is 2. The van der Waals surface area contributed by atoms with Gasteiger partial charge in [-0.1, -0.05) is 0 Å². The first-order valence-electron chi connectivity index (χ1n) is 8.69. The van der Waals surface area contributed by atoms with Crippen molar-refractivity contribution in [1.29, 1.82) is 0 Å². The third kappa shape index (κ3) is 4.65. The lowest BCUT2D eigenvalue weighted by molar-refractivity contribution is -0.130. The molecule has 1 N–H and O–H groups in total. The molecule has 1 aromatic rings. The van der Waals surface area contributed by atoms with Crippen LogP contribution in [0.3, 0.4) is 0 Å². The Morgan fingerprint density at radius 3 is 2.93 bits per heavy atom. The molecule has 2 aliphatic rings. The second-order valence-corrected chi connectivity index (χ2v) is 6.41. The molecule has 3 rings (SSSR count). The van der Waals surface area contributed by atoms with Crippen molar-refractivity contribution >= 4 is 11.8 Å². The van der Waals surface area contributed by atoms with Gasteiger partial charge in [0.15, 0.2) is 5.66 Å². The number of rotatable bonds is 7. The summed E-state index contributed by atoms with van der Waals surface area (Å²) in [5.74, 6) is 1.16. The molecule has 0 radical (unpaired) electrons. The van der Waals surface area contributed by atoms with Crippen molar-refractivity contribution in [2.24, 2.45) is 10.2 Å². The van der Waals surface area contributed by atoms with Crippen molar-refractivity contribution in [3.63, 3.8) is 0 Å². The molecule has 142 valence electrons. The lowest BCUT2D eigenvalue weighted by atomic mass is 10.0. The summed E-state index contributed by atoms with van der Waals surface area (Å²) >= 11 is 0. The molecule has 0 aromatic carbocycles. The highest BCUT2D eigenvalue weighted by Crippen LogP contribution is 2.36. The molecule has 0 aliphatic carbocycles. The molecule has 0 spiro atoms. The predicted octanol–water partition coefficient (Wildman–Crippen LogP) is 1.14. The normalized spacial score (nSPS) is 20.0. The Bertz CT molecular complexity index is 785. The zero-order valence-electron chi connectivity index (χ0n) is 14.7. The lowest BCUT2D eigenvalue weighted by Crippen LogP contribution is -2.56. The van der Waals surface area contributed by atoms with E-state index in [0.717, 1.165) is 12.3 Å². The summed E-state index contributed by atoms with van der Waals surface area (Å²) in [6.45, 7) is 0.989. The number of nitrogens with one attached hydrogen (secondary N) is 1. The molecule has 2 amide bonds. The van der Waals surface area contributed by atoms with Gasteiger partial charge in [0.25, 0.3) is 5.91 Å². The number of halogens is 1. The van der Waals surface area contributed by atoms with E-state index in [1.54, 1.807) is 0 Å². The highest BCUT2D eigenvalue weighted by Gasteiger charge is 2.39. The number of pyridine rings is 1. The molecule has 1 aromatic heterocycles. The molecule has 27 heavy (non-hydrogen) atoms. The number of hydrogen-bond acceptors (Lipinski definition) is 6. The third-order valence-electron chi connectivity index (χ3n) is 4.52. The maximum atomic E-state index is 13.4. The van der Waals surface area contributed by atoms with Crippen LogP contribution in [-0.4, -0.2) is 59.7 Å². The van der Waals surface area contributed by atoms with Crippen molar-refractivity contribution in [3.05, 3.63) is 29.8 Å². The van der Waals surface area contributed by atoms with Gasteiger partial charge in [-0.2, -0.15) is 10.2 Å². The highest BCUT2D eigenvalue weighted by atomic mass is 19.1. The first-order chi connectivity index (χ1) is 13.0. The van der Waals surface area contributed by atoms with E-state index in [1.165, 1.54) is 11.1 Å². The largest absolute Gasteiger partial charge is 0.377 e. The van der Waals surface area contributed by atoms with Crippen LogP contribution in [0.25, 0.3) is 0 Å². The molecule has 8 nitrogen and oxygen atoms in total. The summed E-state index contributed by atoms with van der Waals surface area (Å²) < 4.78 is 18.7. The van der Waals surface area contributed by atoms with Crippen LogP contribution >= 0.6 is 0 Å². The van der Waals surface area contributed by atoms with Gasteiger partial charge in [-0.3, -0.25) is 14.6 Å². The summed E-state index contributed by atoms with van der Waals surface area (Å²) in [6, 6.07) is 0.315. The summed E-state index contributed by atoms with van der Waals surface area (Å²) in [6.07, 6.45) is 9.33. The average molecular weight is 373 g/mol. The first kappa shape index (κ1) is 18.9. The van der Waals surface area contributed by atoms with Gasteiger partial charge in [0.05, 0.1) is 25.0 Å². The number of morpholine rings is 1. The summed E-state index contributed by atoms with van der Waals surface area (Å²) in [7, 11) is 0. The summed E-state index contributed by atoms with van der Waals surface area (Å²) in [5.41, 5.74) is -0.385. The molecule has 1 fully saturated rings. The fourth-order valence-corrected chi connectivity index (χ4v) is 2.93. The second kappa shape index (κ2) is 8.22. The van der Waals surface area contributed by atoms with Gasteiger partial charge in [0.1, 0.15) is 11.9 Å². The standard InChI is InChI=1S/C18H20FN5O3/c1-2-3-4-18(22-23-18)5-6-21-16(25)15-12-27-8-7-24(15)17(26)13-9-14(19)11-20-10-13/h1,9-11,15H,3-8,12H2,(H,21,25). The van der Waals surface area contributed by atoms with Gasteiger partial charge >= 0.3 is 0 Å². The lowest BCUT2D eigenvalue weighted by Gasteiger charge is -2.34. The van der Waals surface area contributed by atoms with Crippen molar-refractivity contribution in [2.75, 3.05) is 26.3 Å². The molecule has 1 saturated heterocycles. The van der Waals surface area contributed by atoms with Crippen LogP contribution in [0.15, 0.2) is 28.7 Å². The van der Waals surface area contributed by atoms with Crippen LogP contribution in [0.5, 0.6) is 0 Å². The molecule has 0 saturated carbocycles. The van der Waals surface area contributed by atoms with Crippen molar-refractivity contribution in [1.82, 2.24) is 15.2 Å². The van der Waals surface area contributed by atoms with Crippen LogP contribution in [0.4, 0.5) is 4.39 Å². The van der Waals surface area contributed by atoms with Gasteiger partial charge in [0.2, 0.25) is 5.91 Å². The highest BCUT2D eigenvalue weighted by molar-refractivity contribution is 5.97. The Morgan fingerprint density at radius 2 is 2.22 bits per heavy atom. The van der Waals surface area contributed by atoms with Crippen LogP contribution in [0.1, 0.15) is 29.6 Å². The van der Waals surface area contributed by atoms with Crippen molar-refractivity contribution < 1.29 is 18.7 Å². The molecule has 9 heteroatoms. The van der Waals surface area contributed by atoms with Crippen molar-refractivity contribution in [3.8, 4) is 12.3 Å². The minimum Gasteiger partial charge on any atom is -0.377 e. The predicted molar refractivity (Wildman–Crippen MR) is 93.1 cm³/mol. The van der Waals surface area contributed by atoms with Crippen LogP contribution in [-0.2, 0) is 9.53 Å². The van der Waals surface area contributed by atoms with Crippen LogP contribution in [0.2, 0.25) is 0 Å².